The van der Waals surface area contributed by atoms with E-state index in [1.165, 1.54) is 0 Å². The number of hydrogen-bond acceptors (Lipinski definition) is 4. The van der Waals surface area contributed by atoms with Crippen molar-refractivity contribution in [2.75, 3.05) is 6.61 Å². The van der Waals surface area contributed by atoms with Crippen LogP contribution in [-0.2, 0) is 25.5 Å². The first kappa shape index (κ1) is 21.7. The molecule has 0 aliphatic carbocycles. The second kappa shape index (κ2) is 11.3. The first-order chi connectivity index (χ1) is 12.3. The number of rotatable bonds is 10. The van der Waals surface area contributed by atoms with Gasteiger partial charge in [0.1, 0.15) is 6.04 Å². The molecule has 6 heteroatoms. The molecule has 0 saturated carbocycles. The fraction of sp³-hybridized carbons (Fsp3) is 0.550. The van der Waals surface area contributed by atoms with E-state index in [9.17, 15) is 14.4 Å². The summed E-state index contributed by atoms with van der Waals surface area (Å²) < 4.78 is 5.09. The van der Waals surface area contributed by atoms with E-state index in [-0.39, 0.29) is 36.8 Å². The normalized spacial score (nSPS) is 13.0. The topological polar surface area (TPSA) is 84.5 Å². The molecule has 6 nitrogen and oxygen atoms in total. The molecule has 0 saturated heterocycles. The van der Waals surface area contributed by atoms with Crippen LogP contribution in [0.5, 0.6) is 0 Å². The predicted octanol–water partition coefficient (Wildman–Crippen LogP) is 2.22. The van der Waals surface area contributed by atoms with Crippen molar-refractivity contribution >= 4 is 17.8 Å². The molecule has 0 bridgehead atoms. The van der Waals surface area contributed by atoms with Crippen LogP contribution in [-0.4, -0.2) is 36.5 Å². The lowest BCUT2D eigenvalue weighted by atomic mass is 10.0. The summed E-state index contributed by atoms with van der Waals surface area (Å²) in [5, 5.41) is 5.48. The van der Waals surface area contributed by atoms with Gasteiger partial charge in [-0.3, -0.25) is 9.59 Å². The van der Waals surface area contributed by atoms with Gasteiger partial charge in [-0.1, -0.05) is 57.5 Å². The largest absolute Gasteiger partial charge is 0.454 e. The van der Waals surface area contributed by atoms with Gasteiger partial charge in [0.25, 0.3) is 5.91 Å². The molecule has 0 unspecified atom stereocenters. The summed E-state index contributed by atoms with van der Waals surface area (Å²) in [7, 11) is 0. The average molecular weight is 362 g/mol. The Labute approximate surface area is 155 Å². The Bertz CT molecular complexity index is 587. The van der Waals surface area contributed by atoms with Gasteiger partial charge in [0.05, 0.1) is 6.42 Å². The number of carbonyl (C=O) groups is 3. The highest BCUT2D eigenvalue weighted by Gasteiger charge is 2.26. The molecule has 2 N–H and O–H groups in total. The van der Waals surface area contributed by atoms with Gasteiger partial charge in [-0.2, -0.15) is 0 Å². The van der Waals surface area contributed by atoms with Gasteiger partial charge < -0.3 is 15.4 Å². The standard InChI is InChI=1S/C20H30N2O4/c1-5-9-15(4)21-18(24)13-26-20(25)19(14(2)3)22-17(23)12-16-10-7-6-8-11-16/h6-8,10-11,14-15,19H,5,9,12-13H2,1-4H3,(H,21,24)(H,22,23)/t15-,19-/m0/s1. The number of benzene rings is 1. The Morgan fingerprint density at radius 2 is 1.65 bits per heavy atom. The minimum Gasteiger partial charge on any atom is -0.454 e. The zero-order valence-corrected chi connectivity index (χ0v) is 16.1. The summed E-state index contributed by atoms with van der Waals surface area (Å²) in [6.07, 6.45) is 2.01. The Kier molecular flexibility index (Phi) is 9.41. The number of hydrogen-bond donors (Lipinski definition) is 2. The van der Waals surface area contributed by atoms with E-state index in [2.05, 4.69) is 10.6 Å². The van der Waals surface area contributed by atoms with Gasteiger partial charge in [-0.15, -0.1) is 0 Å². The lowest BCUT2D eigenvalue weighted by molar-refractivity contribution is -0.152. The summed E-state index contributed by atoms with van der Waals surface area (Å²) in [4.78, 5) is 36.3. The average Bonchev–Trinajstić information content (AvgIpc) is 2.58. The maximum Gasteiger partial charge on any atom is 0.329 e. The Balaban J connectivity index is 2.51. The zero-order valence-electron chi connectivity index (χ0n) is 16.1. The van der Waals surface area contributed by atoms with E-state index in [0.717, 1.165) is 18.4 Å². The molecule has 1 aromatic carbocycles. The van der Waals surface area contributed by atoms with Crippen molar-refractivity contribution in [2.24, 2.45) is 5.92 Å². The van der Waals surface area contributed by atoms with Crippen molar-refractivity contribution in [3.05, 3.63) is 35.9 Å². The van der Waals surface area contributed by atoms with Crippen LogP contribution in [0.3, 0.4) is 0 Å². The van der Waals surface area contributed by atoms with Gasteiger partial charge in [0, 0.05) is 6.04 Å². The van der Waals surface area contributed by atoms with Crippen LogP contribution >= 0.6 is 0 Å². The van der Waals surface area contributed by atoms with Crippen molar-refractivity contribution in [2.45, 2.75) is 59.0 Å². The van der Waals surface area contributed by atoms with Gasteiger partial charge in [-0.25, -0.2) is 4.79 Å². The van der Waals surface area contributed by atoms with E-state index < -0.39 is 12.0 Å². The van der Waals surface area contributed by atoms with Crippen LogP contribution in [0.15, 0.2) is 30.3 Å². The quantitative estimate of drug-likeness (QED) is 0.625. The van der Waals surface area contributed by atoms with E-state index in [1.807, 2.05) is 58.0 Å². The molecule has 2 amide bonds. The van der Waals surface area contributed by atoms with Crippen LogP contribution in [0, 0.1) is 5.92 Å². The van der Waals surface area contributed by atoms with Crippen molar-refractivity contribution < 1.29 is 19.1 Å². The minimum absolute atomic E-state index is 0.0395. The summed E-state index contributed by atoms with van der Waals surface area (Å²) in [5.41, 5.74) is 0.866. The molecular formula is C20H30N2O4. The van der Waals surface area contributed by atoms with Crippen LogP contribution in [0.2, 0.25) is 0 Å². The van der Waals surface area contributed by atoms with Gasteiger partial charge in [0.2, 0.25) is 5.91 Å². The van der Waals surface area contributed by atoms with Crippen molar-refractivity contribution in [3.8, 4) is 0 Å². The van der Waals surface area contributed by atoms with Crippen LogP contribution < -0.4 is 10.6 Å². The molecule has 1 rings (SSSR count). The third kappa shape index (κ3) is 8.14. The Morgan fingerprint density at radius 3 is 2.23 bits per heavy atom. The van der Waals surface area contributed by atoms with Crippen LogP contribution in [0.25, 0.3) is 0 Å². The molecule has 0 aliphatic heterocycles. The second-order valence-corrected chi connectivity index (χ2v) is 6.82. The van der Waals surface area contributed by atoms with Crippen molar-refractivity contribution in [1.82, 2.24) is 10.6 Å². The SMILES string of the molecule is CCC[C@H](C)NC(=O)COC(=O)[C@@H](NC(=O)Cc1ccccc1)C(C)C. The monoisotopic (exact) mass is 362 g/mol. The molecule has 1 aromatic rings. The maximum absolute atomic E-state index is 12.3. The van der Waals surface area contributed by atoms with E-state index in [0.29, 0.717) is 0 Å². The molecule has 0 radical (unpaired) electrons. The molecule has 0 spiro atoms. The summed E-state index contributed by atoms with van der Waals surface area (Å²) in [6, 6.07) is 8.55. The molecule has 0 fully saturated rings. The molecule has 0 aromatic heterocycles. The molecular weight excluding hydrogens is 332 g/mol. The fourth-order valence-electron chi connectivity index (χ4n) is 2.55. The van der Waals surface area contributed by atoms with E-state index >= 15 is 0 Å². The number of amides is 2. The molecule has 2 atom stereocenters. The summed E-state index contributed by atoms with van der Waals surface area (Å²) >= 11 is 0. The van der Waals surface area contributed by atoms with Gasteiger partial charge >= 0.3 is 5.97 Å². The first-order valence-electron chi connectivity index (χ1n) is 9.12. The van der Waals surface area contributed by atoms with Gasteiger partial charge in [0.15, 0.2) is 6.61 Å². The number of carbonyl (C=O) groups excluding carboxylic acids is 3. The number of esters is 1. The fourth-order valence-corrected chi connectivity index (χ4v) is 2.55. The highest BCUT2D eigenvalue weighted by atomic mass is 16.5. The smallest absolute Gasteiger partial charge is 0.329 e. The third-order valence-electron chi connectivity index (χ3n) is 3.92. The number of nitrogens with one attached hydrogen (secondary N) is 2. The molecule has 26 heavy (non-hydrogen) atoms. The van der Waals surface area contributed by atoms with Crippen molar-refractivity contribution in [1.29, 1.82) is 0 Å². The Hall–Kier alpha value is -2.37. The number of ether oxygens (including phenoxy) is 1. The molecule has 0 heterocycles. The molecule has 0 aliphatic rings. The van der Waals surface area contributed by atoms with Crippen LogP contribution in [0.4, 0.5) is 0 Å². The Morgan fingerprint density at radius 1 is 1.00 bits per heavy atom. The summed E-state index contributed by atoms with van der Waals surface area (Å²) in [5.74, 6) is -1.34. The minimum atomic E-state index is -0.785. The van der Waals surface area contributed by atoms with Crippen LogP contribution in [0.1, 0.15) is 46.1 Å². The highest BCUT2D eigenvalue weighted by molar-refractivity contribution is 5.87. The summed E-state index contributed by atoms with van der Waals surface area (Å²) in [6.45, 7) is 7.24. The molecule has 144 valence electrons. The van der Waals surface area contributed by atoms with E-state index in [4.69, 9.17) is 4.74 Å². The second-order valence-electron chi connectivity index (χ2n) is 6.82. The lowest BCUT2D eigenvalue weighted by Gasteiger charge is -2.21. The zero-order chi connectivity index (χ0) is 19.5. The highest BCUT2D eigenvalue weighted by Crippen LogP contribution is 2.06. The van der Waals surface area contributed by atoms with Crippen molar-refractivity contribution in [3.63, 3.8) is 0 Å². The predicted molar refractivity (Wildman–Crippen MR) is 100 cm³/mol. The first-order valence-corrected chi connectivity index (χ1v) is 9.12. The lowest BCUT2D eigenvalue weighted by Crippen LogP contribution is -2.47. The van der Waals surface area contributed by atoms with E-state index in [1.54, 1.807) is 0 Å². The maximum atomic E-state index is 12.3. The van der Waals surface area contributed by atoms with Gasteiger partial charge in [-0.05, 0) is 24.8 Å². The third-order valence-corrected chi connectivity index (χ3v) is 3.92.